The maximum atomic E-state index is 4.12. The first-order valence-electron chi connectivity index (χ1n) is 4.56. The van der Waals surface area contributed by atoms with Crippen molar-refractivity contribution in [2.24, 2.45) is 0 Å². The van der Waals surface area contributed by atoms with Crippen molar-refractivity contribution in [2.45, 2.75) is 35.3 Å². The van der Waals surface area contributed by atoms with Crippen molar-refractivity contribution in [1.29, 1.82) is 0 Å². The molecular weight excluding hydrogens is 202 g/mol. The first kappa shape index (κ1) is 9.27. The molecule has 1 heterocycles. The normalized spacial score (nSPS) is 17.9. The quantitative estimate of drug-likeness (QED) is 0.841. The summed E-state index contributed by atoms with van der Waals surface area (Å²) in [5.41, 5.74) is 0. The van der Waals surface area contributed by atoms with Gasteiger partial charge in [-0.1, -0.05) is 35.9 Å². The van der Waals surface area contributed by atoms with Gasteiger partial charge >= 0.3 is 0 Å². The largest absolute Gasteiger partial charge is 0.363 e. The molecule has 0 amide bonds. The fraction of sp³-hybridized carbons (Fsp3) is 0.750. The summed E-state index contributed by atoms with van der Waals surface area (Å²) < 4.78 is 1.11. The molecule has 0 radical (unpaired) electrons. The molecule has 1 fully saturated rings. The molecule has 1 aliphatic rings. The number of hydrogen-bond acceptors (Lipinski definition) is 5. The number of nitrogens with one attached hydrogen (secondary N) is 1. The number of aromatic nitrogens is 2. The molecule has 0 aromatic carbocycles. The van der Waals surface area contributed by atoms with Crippen molar-refractivity contribution in [2.75, 3.05) is 12.4 Å². The van der Waals surface area contributed by atoms with Gasteiger partial charge in [0.1, 0.15) is 0 Å². The van der Waals surface area contributed by atoms with Gasteiger partial charge in [-0.2, -0.15) is 0 Å². The Morgan fingerprint density at radius 3 is 2.77 bits per heavy atom. The highest BCUT2D eigenvalue weighted by Crippen LogP contribution is 2.36. The third-order valence-corrected chi connectivity index (χ3v) is 4.55. The van der Waals surface area contributed by atoms with Gasteiger partial charge < -0.3 is 5.32 Å². The van der Waals surface area contributed by atoms with Gasteiger partial charge in [-0.05, 0) is 12.8 Å². The van der Waals surface area contributed by atoms with Gasteiger partial charge in [0.25, 0.3) is 0 Å². The van der Waals surface area contributed by atoms with Crippen LogP contribution >= 0.6 is 23.1 Å². The summed E-state index contributed by atoms with van der Waals surface area (Å²) in [6, 6.07) is 0. The SMILES string of the molecule is CNc1nnc(SC2CCCC2)s1. The highest BCUT2D eigenvalue weighted by Gasteiger charge is 2.18. The Labute approximate surface area is 86.3 Å². The van der Waals surface area contributed by atoms with Crippen molar-refractivity contribution in [3.05, 3.63) is 0 Å². The van der Waals surface area contributed by atoms with Crippen LogP contribution in [0.25, 0.3) is 0 Å². The monoisotopic (exact) mass is 215 g/mol. The summed E-state index contributed by atoms with van der Waals surface area (Å²) in [5, 5.41) is 12.8. The van der Waals surface area contributed by atoms with Gasteiger partial charge in [-0.15, -0.1) is 10.2 Å². The van der Waals surface area contributed by atoms with Crippen LogP contribution in [-0.2, 0) is 0 Å². The lowest BCUT2D eigenvalue weighted by atomic mass is 10.4. The van der Waals surface area contributed by atoms with E-state index in [2.05, 4.69) is 15.5 Å². The lowest BCUT2D eigenvalue weighted by Crippen LogP contribution is -1.92. The Hall–Kier alpha value is -0.290. The average molecular weight is 215 g/mol. The van der Waals surface area contributed by atoms with Gasteiger partial charge in [0.15, 0.2) is 4.34 Å². The third-order valence-electron chi connectivity index (χ3n) is 2.19. The maximum absolute atomic E-state index is 4.12. The molecular formula is C8H13N3S2. The van der Waals surface area contributed by atoms with Crippen LogP contribution in [0.1, 0.15) is 25.7 Å². The summed E-state index contributed by atoms with van der Waals surface area (Å²) in [5.74, 6) is 0. The Morgan fingerprint density at radius 2 is 2.15 bits per heavy atom. The molecule has 0 atom stereocenters. The van der Waals surface area contributed by atoms with Crippen molar-refractivity contribution in [3.8, 4) is 0 Å². The van der Waals surface area contributed by atoms with Gasteiger partial charge in [0.2, 0.25) is 5.13 Å². The number of nitrogens with zero attached hydrogens (tertiary/aromatic N) is 2. The van der Waals surface area contributed by atoms with Gasteiger partial charge in [-0.25, -0.2) is 0 Å². The van der Waals surface area contributed by atoms with Crippen molar-refractivity contribution < 1.29 is 0 Å². The fourth-order valence-corrected chi connectivity index (χ4v) is 3.72. The Balaban J connectivity index is 1.92. The highest BCUT2D eigenvalue weighted by atomic mass is 32.2. The molecule has 1 aromatic heterocycles. The smallest absolute Gasteiger partial charge is 0.206 e. The summed E-state index contributed by atoms with van der Waals surface area (Å²) in [6.07, 6.45) is 5.46. The van der Waals surface area contributed by atoms with E-state index in [1.54, 1.807) is 11.3 Å². The molecule has 0 saturated heterocycles. The number of hydrogen-bond donors (Lipinski definition) is 1. The lowest BCUT2D eigenvalue weighted by Gasteiger charge is -2.02. The minimum Gasteiger partial charge on any atom is -0.363 e. The second-order valence-corrected chi connectivity index (χ2v) is 5.67. The van der Waals surface area contributed by atoms with E-state index >= 15 is 0 Å². The summed E-state index contributed by atoms with van der Waals surface area (Å²) in [7, 11) is 1.88. The minimum atomic E-state index is 0.789. The molecule has 2 rings (SSSR count). The predicted molar refractivity (Wildman–Crippen MR) is 57.6 cm³/mol. The standard InChI is InChI=1S/C8H13N3S2/c1-9-7-10-11-8(13-7)12-6-4-2-3-5-6/h6H,2-5H2,1H3,(H,9,10). The maximum Gasteiger partial charge on any atom is 0.206 e. The summed E-state index contributed by atoms with van der Waals surface area (Å²) >= 11 is 3.54. The highest BCUT2D eigenvalue weighted by molar-refractivity contribution is 8.01. The van der Waals surface area contributed by atoms with E-state index in [1.165, 1.54) is 25.7 Å². The molecule has 1 aliphatic carbocycles. The van der Waals surface area contributed by atoms with Crippen LogP contribution in [-0.4, -0.2) is 22.5 Å². The zero-order valence-electron chi connectivity index (χ0n) is 7.62. The molecule has 3 nitrogen and oxygen atoms in total. The number of thioether (sulfide) groups is 1. The molecule has 72 valence electrons. The molecule has 0 unspecified atom stereocenters. The van der Waals surface area contributed by atoms with Crippen LogP contribution < -0.4 is 5.32 Å². The van der Waals surface area contributed by atoms with E-state index in [0.717, 1.165) is 14.7 Å². The zero-order valence-corrected chi connectivity index (χ0v) is 9.25. The van der Waals surface area contributed by atoms with Gasteiger partial charge in [0.05, 0.1) is 0 Å². The van der Waals surface area contributed by atoms with E-state index in [9.17, 15) is 0 Å². The molecule has 0 spiro atoms. The fourth-order valence-electron chi connectivity index (χ4n) is 1.51. The topological polar surface area (TPSA) is 37.8 Å². The van der Waals surface area contributed by atoms with E-state index in [0.29, 0.717) is 0 Å². The van der Waals surface area contributed by atoms with E-state index in [-0.39, 0.29) is 0 Å². The first-order chi connectivity index (χ1) is 6.38. The van der Waals surface area contributed by atoms with Crippen molar-refractivity contribution >= 4 is 28.2 Å². The van der Waals surface area contributed by atoms with E-state index in [1.807, 2.05) is 18.8 Å². The second-order valence-electron chi connectivity index (χ2n) is 3.15. The molecule has 5 heteroatoms. The average Bonchev–Trinajstić information content (AvgIpc) is 2.76. The van der Waals surface area contributed by atoms with Crippen LogP contribution in [0, 0.1) is 0 Å². The number of anilines is 1. The Morgan fingerprint density at radius 1 is 1.38 bits per heavy atom. The molecule has 0 bridgehead atoms. The van der Waals surface area contributed by atoms with Crippen LogP contribution in [0.5, 0.6) is 0 Å². The molecule has 1 aromatic rings. The molecule has 13 heavy (non-hydrogen) atoms. The Bertz CT molecular complexity index is 268. The van der Waals surface area contributed by atoms with Crippen LogP contribution in [0.15, 0.2) is 4.34 Å². The van der Waals surface area contributed by atoms with E-state index in [4.69, 9.17) is 0 Å². The van der Waals surface area contributed by atoms with Gasteiger partial charge in [0, 0.05) is 12.3 Å². The van der Waals surface area contributed by atoms with Crippen LogP contribution in [0.2, 0.25) is 0 Å². The van der Waals surface area contributed by atoms with Crippen LogP contribution in [0.4, 0.5) is 5.13 Å². The van der Waals surface area contributed by atoms with Crippen molar-refractivity contribution in [3.63, 3.8) is 0 Å². The van der Waals surface area contributed by atoms with Crippen LogP contribution in [0.3, 0.4) is 0 Å². The molecule has 0 aliphatic heterocycles. The summed E-state index contributed by atoms with van der Waals surface area (Å²) in [6.45, 7) is 0. The van der Waals surface area contributed by atoms with Crippen molar-refractivity contribution in [1.82, 2.24) is 10.2 Å². The summed E-state index contributed by atoms with van der Waals surface area (Å²) in [4.78, 5) is 0. The van der Waals surface area contributed by atoms with Gasteiger partial charge in [-0.3, -0.25) is 0 Å². The lowest BCUT2D eigenvalue weighted by molar-refractivity contribution is 0.886. The zero-order chi connectivity index (χ0) is 9.10. The third kappa shape index (κ3) is 2.34. The second kappa shape index (κ2) is 4.28. The predicted octanol–water partition coefficient (Wildman–Crippen LogP) is 2.61. The number of rotatable bonds is 3. The van der Waals surface area contributed by atoms with E-state index < -0.39 is 0 Å². The molecule has 1 saturated carbocycles. The minimum absolute atomic E-state index is 0.789. The first-order valence-corrected chi connectivity index (χ1v) is 6.26. The Kier molecular flexibility index (Phi) is 3.05. The molecule has 1 N–H and O–H groups in total.